The summed E-state index contributed by atoms with van der Waals surface area (Å²) < 4.78 is 4.82. The molecule has 140 valence electrons. The molecule has 0 saturated carbocycles. The molecule has 7 nitrogen and oxygen atoms in total. The molecule has 1 fully saturated rings. The highest BCUT2D eigenvalue weighted by molar-refractivity contribution is 14.0. The molecule has 1 unspecified atom stereocenters. The summed E-state index contributed by atoms with van der Waals surface area (Å²) >= 11 is 0. The van der Waals surface area contributed by atoms with Crippen molar-refractivity contribution in [1.29, 1.82) is 0 Å². The molecule has 1 saturated heterocycles. The van der Waals surface area contributed by atoms with Crippen LogP contribution in [0, 0.1) is 5.92 Å². The Morgan fingerprint density at radius 2 is 2.08 bits per heavy atom. The third-order valence-corrected chi connectivity index (χ3v) is 4.17. The van der Waals surface area contributed by atoms with E-state index in [1.165, 1.54) is 7.11 Å². The van der Waals surface area contributed by atoms with Crippen LogP contribution in [-0.4, -0.2) is 60.2 Å². The maximum Gasteiger partial charge on any atom is 0.308 e. The largest absolute Gasteiger partial charge is 0.469 e. The van der Waals surface area contributed by atoms with Crippen molar-refractivity contribution in [2.75, 3.05) is 33.3 Å². The lowest BCUT2D eigenvalue weighted by Gasteiger charge is -2.33. The number of esters is 1. The number of hydrogen-bond donors (Lipinski definition) is 2. The fraction of sp³-hybridized carbons (Fsp3) is 0.588. The van der Waals surface area contributed by atoms with E-state index in [0.29, 0.717) is 0 Å². The number of nitrogens with zero attached hydrogens (tertiary/aromatic N) is 3. The molecule has 0 radical (unpaired) electrons. The van der Waals surface area contributed by atoms with Crippen LogP contribution in [0.15, 0.2) is 29.5 Å². The third kappa shape index (κ3) is 6.43. The van der Waals surface area contributed by atoms with Gasteiger partial charge in [-0.15, -0.1) is 24.0 Å². The molecule has 25 heavy (non-hydrogen) atoms. The van der Waals surface area contributed by atoms with Crippen molar-refractivity contribution in [3.8, 4) is 0 Å². The number of piperidine rings is 1. The molecule has 8 heteroatoms. The van der Waals surface area contributed by atoms with Crippen LogP contribution >= 0.6 is 24.0 Å². The Hall–Kier alpha value is -1.42. The van der Waals surface area contributed by atoms with E-state index in [9.17, 15) is 9.90 Å². The van der Waals surface area contributed by atoms with Gasteiger partial charge in [0, 0.05) is 32.0 Å². The van der Waals surface area contributed by atoms with Gasteiger partial charge < -0.3 is 20.1 Å². The Bertz CT molecular complexity index is 548. The van der Waals surface area contributed by atoms with Crippen molar-refractivity contribution in [3.05, 3.63) is 30.1 Å². The molecule has 2 N–H and O–H groups in total. The number of aromatic nitrogens is 1. The molecule has 0 aromatic carbocycles. The Balaban J connectivity index is 0.00000312. The van der Waals surface area contributed by atoms with Crippen LogP contribution < -0.4 is 5.32 Å². The normalized spacial score (nSPS) is 16.8. The van der Waals surface area contributed by atoms with Gasteiger partial charge in [-0.25, -0.2) is 0 Å². The van der Waals surface area contributed by atoms with Gasteiger partial charge in [0.25, 0.3) is 0 Å². The second-order valence-corrected chi connectivity index (χ2v) is 5.78. The van der Waals surface area contributed by atoms with Crippen molar-refractivity contribution in [2.24, 2.45) is 10.9 Å². The summed E-state index contributed by atoms with van der Waals surface area (Å²) in [6, 6.07) is 3.57. The van der Waals surface area contributed by atoms with Crippen molar-refractivity contribution >= 4 is 35.9 Å². The lowest BCUT2D eigenvalue weighted by Crippen LogP contribution is -2.46. The molecule has 1 aliphatic rings. The maximum absolute atomic E-state index is 11.6. The van der Waals surface area contributed by atoms with E-state index in [1.807, 2.05) is 6.92 Å². The van der Waals surface area contributed by atoms with E-state index < -0.39 is 6.10 Å². The molecule has 0 bridgehead atoms. The summed E-state index contributed by atoms with van der Waals surface area (Å²) in [5, 5.41) is 13.5. The number of carbonyl (C=O) groups excluding carboxylic acids is 1. The van der Waals surface area contributed by atoms with Crippen LogP contribution in [-0.2, 0) is 9.53 Å². The van der Waals surface area contributed by atoms with E-state index in [1.54, 1.807) is 24.5 Å². The summed E-state index contributed by atoms with van der Waals surface area (Å²) in [6.07, 6.45) is 4.17. The summed E-state index contributed by atoms with van der Waals surface area (Å²) in [5.41, 5.74) is 0.800. The Labute approximate surface area is 165 Å². The number of carbonyl (C=O) groups is 1. The average molecular weight is 462 g/mol. The zero-order valence-corrected chi connectivity index (χ0v) is 17.1. The van der Waals surface area contributed by atoms with Crippen LogP contribution in [0.3, 0.4) is 0 Å². The zero-order chi connectivity index (χ0) is 17.4. The zero-order valence-electron chi connectivity index (χ0n) is 14.7. The number of aliphatic imine (C=N–C) groups is 1. The van der Waals surface area contributed by atoms with Gasteiger partial charge in [0.05, 0.1) is 25.7 Å². The standard InChI is InChI=1S/C17H26N4O3.HI/c1-3-19-17(20-12-15(22)13-4-8-18-9-5-13)21-10-6-14(7-11-21)16(23)24-2;/h4-5,8-9,14-15,22H,3,6-7,10-12H2,1-2H3,(H,19,20);1H. The predicted octanol–water partition coefficient (Wildman–Crippen LogP) is 1.58. The number of aliphatic hydroxyl groups excluding tert-OH is 1. The first-order valence-corrected chi connectivity index (χ1v) is 8.34. The first-order valence-electron chi connectivity index (χ1n) is 8.34. The van der Waals surface area contributed by atoms with Crippen LogP contribution in [0.4, 0.5) is 0 Å². The summed E-state index contributed by atoms with van der Waals surface area (Å²) in [5.74, 6) is 0.607. The average Bonchev–Trinajstić information content (AvgIpc) is 2.65. The number of aliphatic hydroxyl groups is 1. The molecular weight excluding hydrogens is 435 g/mol. The smallest absolute Gasteiger partial charge is 0.308 e. The number of ether oxygens (including phenoxy) is 1. The van der Waals surface area contributed by atoms with E-state index in [-0.39, 0.29) is 42.4 Å². The second-order valence-electron chi connectivity index (χ2n) is 5.78. The molecule has 2 heterocycles. The molecule has 1 aromatic heterocycles. The number of halogens is 1. The fourth-order valence-electron chi connectivity index (χ4n) is 2.78. The number of hydrogen-bond acceptors (Lipinski definition) is 5. The summed E-state index contributed by atoms with van der Waals surface area (Å²) in [4.78, 5) is 22.2. The third-order valence-electron chi connectivity index (χ3n) is 4.17. The van der Waals surface area contributed by atoms with Gasteiger partial charge in [-0.3, -0.25) is 14.8 Å². The second kappa shape index (κ2) is 11.2. The Morgan fingerprint density at radius 3 is 2.64 bits per heavy atom. The van der Waals surface area contributed by atoms with E-state index in [2.05, 4.69) is 20.2 Å². The number of pyridine rings is 1. The molecule has 1 aromatic rings. The van der Waals surface area contributed by atoms with E-state index in [0.717, 1.165) is 44.0 Å². The van der Waals surface area contributed by atoms with E-state index >= 15 is 0 Å². The van der Waals surface area contributed by atoms with Crippen LogP contribution in [0.2, 0.25) is 0 Å². The molecule has 1 aliphatic heterocycles. The van der Waals surface area contributed by atoms with Crippen molar-refractivity contribution in [3.63, 3.8) is 0 Å². The Morgan fingerprint density at radius 1 is 1.44 bits per heavy atom. The van der Waals surface area contributed by atoms with Gasteiger partial charge in [0.1, 0.15) is 0 Å². The fourth-order valence-corrected chi connectivity index (χ4v) is 2.78. The highest BCUT2D eigenvalue weighted by atomic mass is 127. The quantitative estimate of drug-likeness (QED) is 0.299. The summed E-state index contributed by atoms with van der Waals surface area (Å²) in [6.45, 7) is 4.54. The van der Waals surface area contributed by atoms with Crippen LogP contribution in [0.5, 0.6) is 0 Å². The predicted molar refractivity (Wildman–Crippen MR) is 107 cm³/mol. The van der Waals surface area contributed by atoms with Gasteiger partial charge >= 0.3 is 5.97 Å². The molecule has 0 amide bonds. The molecule has 0 aliphatic carbocycles. The number of guanidine groups is 1. The SMILES string of the molecule is CCNC(=NCC(O)c1ccncc1)N1CCC(C(=O)OC)CC1.I. The molecular formula is C17H27IN4O3. The van der Waals surface area contributed by atoms with Gasteiger partial charge in [-0.2, -0.15) is 0 Å². The first-order chi connectivity index (χ1) is 11.7. The van der Waals surface area contributed by atoms with Crippen molar-refractivity contribution in [1.82, 2.24) is 15.2 Å². The topological polar surface area (TPSA) is 87.1 Å². The molecule has 0 spiro atoms. The number of methoxy groups -OCH3 is 1. The number of nitrogens with one attached hydrogen (secondary N) is 1. The minimum absolute atomic E-state index is 0. The van der Waals surface area contributed by atoms with Crippen molar-refractivity contribution in [2.45, 2.75) is 25.9 Å². The highest BCUT2D eigenvalue weighted by Gasteiger charge is 2.27. The minimum atomic E-state index is -0.658. The maximum atomic E-state index is 11.6. The van der Waals surface area contributed by atoms with Gasteiger partial charge in [0.15, 0.2) is 5.96 Å². The lowest BCUT2D eigenvalue weighted by atomic mass is 9.97. The molecule has 1 atom stereocenters. The van der Waals surface area contributed by atoms with Crippen molar-refractivity contribution < 1.29 is 14.6 Å². The van der Waals surface area contributed by atoms with Crippen LogP contribution in [0.1, 0.15) is 31.4 Å². The van der Waals surface area contributed by atoms with Gasteiger partial charge in [-0.05, 0) is 37.5 Å². The van der Waals surface area contributed by atoms with Gasteiger partial charge in [-0.1, -0.05) is 0 Å². The summed E-state index contributed by atoms with van der Waals surface area (Å²) in [7, 11) is 1.43. The lowest BCUT2D eigenvalue weighted by molar-refractivity contribution is -0.146. The van der Waals surface area contributed by atoms with E-state index in [4.69, 9.17) is 4.74 Å². The molecule has 2 rings (SSSR count). The Kier molecular flexibility index (Phi) is 9.73. The first kappa shape index (κ1) is 21.6. The number of likely N-dealkylation sites (tertiary alicyclic amines) is 1. The van der Waals surface area contributed by atoms with Crippen LogP contribution in [0.25, 0.3) is 0 Å². The van der Waals surface area contributed by atoms with Gasteiger partial charge in [0.2, 0.25) is 0 Å². The number of rotatable bonds is 5. The minimum Gasteiger partial charge on any atom is -0.469 e. The highest BCUT2D eigenvalue weighted by Crippen LogP contribution is 2.19. The monoisotopic (exact) mass is 462 g/mol.